The van der Waals surface area contributed by atoms with Gasteiger partial charge in [-0.3, -0.25) is 0 Å². The lowest BCUT2D eigenvalue weighted by atomic mass is 9.80. The smallest absolute Gasteiger partial charge is 0.333 e. The van der Waals surface area contributed by atoms with Gasteiger partial charge in [-0.2, -0.15) is 13.2 Å². The average molecular weight is 451 g/mol. The third kappa shape index (κ3) is 3.90. The fourth-order valence-corrected chi connectivity index (χ4v) is 6.53. The molecule has 4 N–H and O–H groups in total. The first-order chi connectivity index (χ1) is 15.1. The van der Waals surface area contributed by atoms with E-state index in [0.717, 1.165) is 49.7 Å². The summed E-state index contributed by atoms with van der Waals surface area (Å²) in [7, 11) is 0. The Morgan fingerprint density at radius 2 is 1.59 bits per heavy atom. The topological polar surface area (TPSA) is 82.3 Å². The summed E-state index contributed by atoms with van der Waals surface area (Å²) in [6.07, 6.45) is 2.95. The quantitative estimate of drug-likeness (QED) is 0.528. The number of rotatable bonds is 5. The third-order valence-corrected chi connectivity index (χ3v) is 8.15. The molecule has 4 bridgehead atoms. The van der Waals surface area contributed by atoms with E-state index in [-0.39, 0.29) is 23.3 Å². The van der Waals surface area contributed by atoms with Gasteiger partial charge in [-0.25, -0.2) is 9.59 Å². The molecule has 6 rings (SSSR count). The van der Waals surface area contributed by atoms with Crippen molar-refractivity contribution in [2.24, 2.45) is 17.8 Å². The number of urea groups is 2. The van der Waals surface area contributed by atoms with Crippen molar-refractivity contribution in [1.29, 1.82) is 0 Å². The number of amides is 4. The number of anilines is 1. The van der Waals surface area contributed by atoms with Crippen LogP contribution in [0.15, 0.2) is 24.3 Å². The molecule has 0 saturated heterocycles. The Hall–Kier alpha value is -2.45. The van der Waals surface area contributed by atoms with E-state index in [0.29, 0.717) is 5.92 Å². The fraction of sp³-hybridized carbons (Fsp3) is 0.652. The van der Waals surface area contributed by atoms with Gasteiger partial charge in [0.15, 0.2) is 0 Å². The maximum atomic E-state index is 12.8. The molecular formula is C23H29F3N4O2. The van der Waals surface area contributed by atoms with E-state index in [4.69, 9.17) is 0 Å². The SMILES string of the molecule is CC(NC(=O)NC12CC3CC(CC1C3)C2)C1(NC(=O)Nc2ccc(C(F)(F)F)cc2)CC1. The van der Waals surface area contributed by atoms with E-state index in [9.17, 15) is 22.8 Å². The van der Waals surface area contributed by atoms with Crippen molar-refractivity contribution < 1.29 is 22.8 Å². The fourth-order valence-electron chi connectivity index (χ4n) is 6.53. The Morgan fingerprint density at radius 1 is 0.969 bits per heavy atom. The molecule has 9 heteroatoms. The van der Waals surface area contributed by atoms with Gasteiger partial charge in [0.05, 0.1) is 17.1 Å². The predicted molar refractivity (Wildman–Crippen MR) is 113 cm³/mol. The van der Waals surface area contributed by atoms with E-state index in [1.165, 1.54) is 31.4 Å². The number of nitrogens with one attached hydrogen (secondary N) is 4. The second-order valence-electron chi connectivity index (χ2n) is 10.3. The van der Waals surface area contributed by atoms with E-state index >= 15 is 0 Å². The third-order valence-electron chi connectivity index (χ3n) is 8.15. The molecular weight excluding hydrogens is 421 g/mol. The molecule has 4 amide bonds. The lowest BCUT2D eigenvalue weighted by Crippen LogP contribution is -2.59. The van der Waals surface area contributed by atoms with Crippen LogP contribution in [-0.4, -0.2) is 29.2 Å². The van der Waals surface area contributed by atoms with E-state index in [1.807, 2.05) is 6.92 Å². The molecule has 5 saturated carbocycles. The van der Waals surface area contributed by atoms with Crippen LogP contribution in [0.25, 0.3) is 0 Å². The highest BCUT2D eigenvalue weighted by atomic mass is 19.4. The summed E-state index contributed by atoms with van der Waals surface area (Å²) in [6.45, 7) is 1.88. The van der Waals surface area contributed by atoms with E-state index in [2.05, 4.69) is 21.3 Å². The molecule has 0 spiro atoms. The molecule has 0 aromatic heterocycles. The lowest BCUT2D eigenvalue weighted by Gasteiger charge is -2.35. The van der Waals surface area contributed by atoms with Crippen molar-refractivity contribution in [3.63, 3.8) is 0 Å². The van der Waals surface area contributed by atoms with Crippen LogP contribution in [0.4, 0.5) is 28.4 Å². The molecule has 3 unspecified atom stereocenters. The molecule has 0 heterocycles. The van der Waals surface area contributed by atoms with Crippen LogP contribution in [0.2, 0.25) is 0 Å². The van der Waals surface area contributed by atoms with Crippen LogP contribution >= 0.6 is 0 Å². The van der Waals surface area contributed by atoms with Crippen molar-refractivity contribution in [3.8, 4) is 0 Å². The molecule has 0 aliphatic heterocycles. The summed E-state index contributed by atoms with van der Waals surface area (Å²) in [6, 6.07) is 3.36. The normalized spacial score (nSPS) is 32.3. The van der Waals surface area contributed by atoms with Crippen LogP contribution < -0.4 is 21.3 Å². The van der Waals surface area contributed by atoms with E-state index < -0.39 is 23.3 Å². The first-order valence-electron chi connectivity index (χ1n) is 11.4. The maximum Gasteiger partial charge on any atom is 0.416 e. The predicted octanol–water partition coefficient (Wildman–Crippen LogP) is 4.63. The van der Waals surface area contributed by atoms with Crippen molar-refractivity contribution >= 4 is 17.7 Å². The highest BCUT2D eigenvalue weighted by Gasteiger charge is 2.58. The minimum absolute atomic E-state index is 0.0541. The monoisotopic (exact) mass is 450 g/mol. The molecule has 3 atom stereocenters. The Labute approximate surface area is 185 Å². The minimum atomic E-state index is -4.42. The number of hydrogen-bond donors (Lipinski definition) is 4. The molecule has 5 aliphatic rings. The van der Waals surface area contributed by atoms with Gasteiger partial charge >= 0.3 is 18.2 Å². The molecule has 6 nitrogen and oxygen atoms in total. The summed E-state index contributed by atoms with van der Waals surface area (Å²) in [5, 5.41) is 11.8. The van der Waals surface area contributed by atoms with Crippen molar-refractivity contribution in [3.05, 3.63) is 29.8 Å². The Balaban J connectivity index is 1.14. The number of carbonyl (C=O) groups is 2. The standard InChI is InChI=1S/C23H29F3N4O2/c1-13(27-19(31)30-22-11-14-8-15(12-22)10-17(22)9-14)21(6-7-21)29-20(32)28-18-4-2-16(3-5-18)23(24,25)26/h2-5,13-15,17H,6-12H2,1H3,(H2,27,30,31)(H2,28,29,32). The van der Waals surface area contributed by atoms with Crippen LogP contribution in [0.3, 0.4) is 0 Å². The highest BCUT2D eigenvalue weighted by molar-refractivity contribution is 5.90. The number of benzene rings is 1. The van der Waals surface area contributed by atoms with Gasteiger partial charge in [0, 0.05) is 11.2 Å². The van der Waals surface area contributed by atoms with Gasteiger partial charge in [0.1, 0.15) is 0 Å². The van der Waals surface area contributed by atoms with Gasteiger partial charge in [-0.05, 0) is 93.9 Å². The largest absolute Gasteiger partial charge is 0.416 e. The van der Waals surface area contributed by atoms with Gasteiger partial charge in [0.2, 0.25) is 0 Å². The van der Waals surface area contributed by atoms with Crippen LogP contribution in [0.1, 0.15) is 57.4 Å². The van der Waals surface area contributed by atoms with E-state index in [1.54, 1.807) is 0 Å². The van der Waals surface area contributed by atoms with Crippen molar-refractivity contribution in [2.75, 3.05) is 5.32 Å². The second-order valence-corrected chi connectivity index (χ2v) is 10.3. The molecule has 1 aromatic rings. The highest BCUT2D eigenvalue weighted by Crippen LogP contribution is 2.60. The molecule has 174 valence electrons. The molecule has 0 radical (unpaired) electrons. The Bertz CT molecular complexity index is 899. The Morgan fingerprint density at radius 3 is 2.16 bits per heavy atom. The van der Waals surface area contributed by atoms with Gasteiger partial charge < -0.3 is 21.3 Å². The number of carbonyl (C=O) groups excluding carboxylic acids is 2. The molecule has 32 heavy (non-hydrogen) atoms. The van der Waals surface area contributed by atoms with Crippen LogP contribution in [-0.2, 0) is 6.18 Å². The van der Waals surface area contributed by atoms with Gasteiger partial charge in [0.25, 0.3) is 0 Å². The number of halogens is 3. The minimum Gasteiger partial charge on any atom is -0.333 e. The number of hydrogen-bond acceptors (Lipinski definition) is 2. The zero-order valence-corrected chi connectivity index (χ0v) is 18.0. The van der Waals surface area contributed by atoms with Crippen molar-refractivity contribution in [1.82, 2.24) is 16.0 Å². The summed E-state index contributed by atoms with van der Waals surface area (Å²) in [4.78, 5) is 25.2. The van der Waals surface area contributed by atoms with Gasteiger partial charge in [-0.15, -0.1) is 0 Å². The summed E-state index contributed by atoms with van der Waals surface area (Å²) >= 11 is 0. The summed E-state index contributed by atoms with van der Waals surface area (Å²) in [5.74, 6) is 2.08. The summed E-state index contributed by atoms with van der Waals surface area (Å²) in [5.41, 5.74) is -1.09. The lowest BCUT2D eigenvalue weighted by molar-refractivity contribution is -0.137. The summed E-state index contributed by atoms with van der Waals surface area (Å²) < 4.78 is 38.1. The number of alkyl halides is 3. The average Bonchev–Trinajstić information content (AvgIpc) is 3.37. The van der Waals surface area contributed by atoms with Gasteiger partial charge in [-0.1, -0.05) is 0 Å². The van der Waals surface area contributed by atoms with Crippen LogP contribution in [0.5, 0.6) is 0 Å². The first kappa shape index (κ1) is 21.4. The van der Waals surface area contributed by atoms with Crippen molar-refractivity contribution in [2.45, 2.75) is 75.2 Å². The second kappa shape index (κ2) is 7.28. The molecule has 1 aromatic carbocycles. The zero-order valence-electron chi connectivity index (χ0n) is 18.0. The van der Waals surface area contributed by atoms with Crippen LogP contribution in [0, 0.1) is 17.8 Å². The maximum absolute atomic E-state index is 12.8. The molecule has 5 aliphatic carbocycles. The molecule has 5 fully saturated rings. The first-order valence-corrected chi connectivity index (χ1v) is 11.4. The Kier molecular flexibility index (Phi) is 4.87. The zero-order chi connectivity index (χ0) is 22.7.